The Morgan fingerprint density at radius 2 is 0.740 bits per heavy atom. The first kappa shape index (κ1) is 75.7. The molecule has 0 aliphatic heterocycles. The van der Waals surface area contributed by atoms with E-state index in [2.05, 4.69) is 55.6 Å². The number of nitrogens with zero attached hydrogens (tertiary/aromatic N) is 1. The molecule has 3 N–H and O–H groups in total. The van der Waals surface area contributed by atoms with Crippen LogP contribution in [-0.2, 0) is 18.4 Å². The fourth-order valence-corrected chi connectivity index (χ4v) is 11.1. The van der Waals surface area contributed by atoms with Gasteiger partial charge in [-0.2, -0.15) is 0 Å². The number of phosphoric ester groups is 1. The molecular weight excluding hydrogens is 972 g/mol. The third kappa shape index (κ3) is 62.2. The van der Waals surface area contributed by atoms with E-state index in [9.17, 15) is 19.4 Å². The molecule has 1 amide bonds. The summed E-state index contributed by atoms with van der Waals surface area (Å²) < 4.78 is 23.9. The van der Waals surface area contributed by atoms with Crippen molar-refractivity contribution in [3.63, 3.8) is 0 Å². The Morgan fingerprint density at radius 3 is 1.08 bits per heavy atom. The van der Waals surface area contributed by atoms with Crippen LogP contribution in [0.3, 0.4) is 0 Å². The lowest BCUT2D eigenvalue weighted by Crippen LogP contribution is -2.46. The minimum atomic E-state index is -4.33. The van der Waals surface area contributed by atoms with Crippen molar-refractivity contribution in [3.8, 4) is 0 Å². The molecule has 0 bridgehead atoms. The molecule has 0 rings (SSSR count). The predicted molar refractivity (Wildman–Crippen MR) is 337 cm³/mol. The second-order valence-corrected chi connectivity index (χ2v) is 26.0. The lowest BCUT2D eigenvalue weighted by atomic mass is 10.0. The molecule has 8 nitrogen and oxygen atoms in total. The summed E-state index contributed by atoms with van der Waals surface area (Å²) in [7, 11) is 1.63. The molecule has 0 heterocycles. The summed E-state index contributed by atoms with van der Waals surface area (Å²) in [6, 6.07) is -0.760. The molecule has 0 saturated carbocycles. The normalized spacial score (nSPS) is 13.9. The monoisotopic (exact) mass is 1110 g/mol. The van der Waals surface area contributed by atoms with Gasteiger partial charge in [0, 0.05) is 6.42 Å². The Balaban J connectivity index is 4.01. The van der Waals surface area contributed by atoms with Crippen molar-refractivity contribution in [2.24, 2.45) is 0 Å². The number of phosphoric acid groups is 1. The lowest BCUT2D eigenvalue weighted by Gasteiger charge is -2.26. The number of likely N-dealkylation sites (N-methyl/N-ethyl adjacent to an activating group) is 1. The summed E-state index contributed by atoms with van der Waals surface area (Å²) in [5, 5.41) is 14.1. The first-order valence-corrected chi connectivity index (χ1v) is 35.3. The number of carbonyl (C=O) groups is 1. The molecule has 9 heteroatoms. The van der Waals surface area contributed by atoms with Gasteiger partial charge in [-0.3, -0.25) is 13.8 Å². The van der Waals surface area contributed by atoms with Gasteiger partial charge < -0.3 is 19.8 Å². The van der Waals surface area contributed by atoms with Crippen LogP contribution in [-0.4, -0.2) is 73.4 Å². The van der Waals surface area contributed by atoms with Crippen LogP contribution in [0.1, 0.15) is 341 Å². The first-order valence-electron chi connectivity index (χ1n) is 33.9. The Labute approximate surface area is 480 Å². The molecule has 0 aliphatic rings. The number of hydrogen-bond donors (Lipinski definition) is 3. The SMILES string of the molecule is CCCCCCC/C=C\C/C=C\C/C=C\CCCCCCCCCCCCCCCCCCCCC(=O)NC(COP(=O)(O)OCC[N+](C)(C)C)C(O)CCCCCCCCCCCCCCCCCCCCCCCC. The van der Waals surface area contributed by atoms with Crippen molar-refractivity contribution in [1.29, 1.82) is 0 Å². The number of rotatable bonds is 63. The second kappa shape index (κ2) is 59.3. The molecule has 0 fully saturated rings. The molecule has 0 aliphatic carbocycles. The lowest BCUT2D eigenvalue weighted by molar-refractivity contribution is -0.870. The van der Waals surface area contributed by atoms with Gasteiger partial charge in [0.25, 0.3) is 0 Å². The van der Waals surface area contributed by atoms with E-state index < -0.39 is 20.0 Å². The summed E-state index contributed by atoms with van der Waals surface area (Å²) >= 11 is 0. The Hall–Kier alpha value is -1.28. The van der Waals surface area contributed by atoms with Crippen molar-refractivity contribution in [2.45, 2.75) is 353 Å². The number of nitrogens with one attached hydrogen (secondary N) is 1. The molecule has 0 aromatic carbocycles. The number of allylic oxidation sites excluding steroid dienone is 6. The van der Waals surface area contributed by atoms with Crippen LogP contribution in [0.25, 0.3) is 0 Å². The van der Waals surface area contributed by atoms with Gasteiger partial charge in [-0.1, -0.05) is 320 Å². The quantitative estimate of drug-likeness (QED) is 0.0243. The smallest absolute Gasteiger partial charge is 0.391 e. The number of unbranched alkanes of at least 4 members (excludes halogenated alkanes) is 44. The molecule has 0 saturated heterocycles. The second-order valence-electron chi connectivity index (χ2n) is 24.6. The standard InChI is InChI=1S/C68H133N2O6P/c1-6-8-10-12-14-16-18-20-22-24-26-28-30-31-32-33-34-35-36-37-38-39-40-42-44-46-48-50-52-54-56-58-60-62-68(72)69-66(65-76-77(73,74)75-64-63-70(3,4)5)67(71)61-59-57-55-53-51-49-47-45-43-41-29-27-25-23-21-19-17-15-13-11-9-7-2/h18,20,24,26,30-31,66-67,71H,6-17,19,21-23,25,27-29,32-65H2,1-5H3,(H-,69,72,73,74)/p+1/b20-18-,26-24-,31-30-. The van der Waals surface area contributed by atoms with Gasteiger partial charge in [-0.25, -0.2) is 4.57 Å². The van der Waals surface area contributed by atoms with Crippen molar-refractivity contribution in [1.82, 2.24) is 5.32 Å². The van der Waals surface area contributed by atoms with Gasteiger partial charge in [-0.05, 0) is 51.4 Å². The number of amides is 1. The fourth-order valence-electron chi connectivity index (χ4n) is 10.4. The average Bonchev–Trinajstić information content (AvgIpc) is 3.39. The molecule has 0 aromatic rings. The zero-order valence-electron chi connectivity index (χ0n) is 52.2. The van der Waals surface area contributed by atoms with E-state index in [1.54, 1.807) is 0 Å². The highest BCUT2D eigenvalue weighted by Crippen LogP contribution is 2.43. The van der Waals surface area contributed by atoms with Gasteiger partial charge in [0.2, 0.25) is 5.91 Å². The highest BCUT2D eigenvalue weighted by molar-refractivity contribution is 7.47. The molecule has 0 radical (unpaired) electrons. The van der Waals surface area contributed by atoms with Gasteiger partial charge in [0.05, 0.1) is 39.9 Å². The van der Waals surface area contributed by atoms with Gasteiger partial charge in [0.1, 0.15) is 13.2 Å². The van der Waals surface area contributed by atoms with E-state index in [1.807, 2.05) is 21.1 Å². The van der Waals surface area contributed by atoms with E-state index in [0.717, 1.165) is 51.4 Å². The minimum absolute atomic E-state index is 0.0765. The highest BCUT2D eigenvalue weighted by atomic mass is 31.2. The first-order chi connectivity index (χ1) is 37.5. The van der Waals surface area contributed by atoms with Crippen LogP contribution in [0.2, 0.25) is 0 Å². The molecule has 3 atom stereocenters. The maximum absolute atomic E-state index is 13.1. The zero-order valence-corrected chi connectivity index (χ0v) is 53.1. The number of quaternary nitrogens is 1. The number of carbonyl (C=O) groups excluding carboxylic acids is 1. The van der Waals surface area contributed by atoms with Gasteiger partial charge >= 0.3 is 7.82 Å². The molecule has 3 unspecified atom stereocenters. The average molecular weight is 1110 g/mol. The fraction of sp³-hybridized carbons (Fsp3) is 0.897. The summed E-state index contributed by atoms with van der Waals surface area (Å²) in [6.45, 7) is 4.93. The summed E-state index contributed by atoms with van der Waals surface area (Å²) in [5.41, 5.74) is 0. The van der Waals surface area contributed by atoms with Crippen LogP contribution in [0.5, 0.6) is 0 Å². The van der Waals surface area contributed by atoms with Crippen LogP contribution >= 0.6 is 7.82 Å². The number of aliphatic hydroxyl groups excluding tert-OH is 1. The number of aliphatic hydroxyl groups is 1. The van der Waals surface area contributed by atoms with Crippen LogP contribution in [0, 0.1) is 0 Å². The van der Waals surface area contributed by atoms with Crippen molar-refractivity contribution in [2.75, 3.05) is 40.9 Å². The zero-order chi connectivity index (χ0) is 56.3. The van der Waals surface area contributed by atoms with E-state index in [1.165, 1.54) is 263 Å². The van der Waals surface area contributed by atoms with Crippen molar-refractivity contribution < 1.29 is 32.9 Å². The minimum Gasteiger partial charge on any atom is -0.391 e. The van der Waals surface area contributed by atoms with Crippen LogP contribution in [0.4, 0.5) is 0 Å². The highest BCUT2D eigenvalue weighted by Gasteiger charge is 2.28. The predicted octanol–water partition coefficient (Wildman–Crippen LogP) is 21.3. The third-order valence-electron chi connectivity index (χ3n) is 15.6. The molecule has 0 spiro atoms. The van der Waals surface area contributed by atoms with Crippen LogP contribution in [0.15, 0.2) is 36.5 Å². The van der Waals surface area contributed by atoms with Crippen molar-refractivity contribution >= 4 is 13.7 Å². The van der Waals surface area contributed by atoms with Gasteiger partial charge in [0.15, 0.2) is 0 Å². The summed E-state index contributed by atoms with van der Waals surface area (Å²) in [5.74, 6) is -0.138. The molecule has 456 valence electrons. The molecule has 77 heavy (non-hydrogen) atoms. The van der Waals surface area contributed by atoms with E-state index in [-0.39, 0.29) is 19.1 Å². The summed E-state index contributed by atoms with van der Waals surface area (Å²) in [4.78, 5) is 23.4. The van der Waals surface area contributed by atoms with Crippen LogP contribution < -0.4 is 5.32 Å². The maximum Gasteiger partial charge on any atom is 0.472 e. The Kier molecular flexibility index (Phi) is 58.4. The van der Waals surface area contributed by atoms with Gasteiger partial charge in [-0.15, -0.1) is 0 Å². The number of hydrogen-bond acceptors (Lipinski definition) is 5. The summed E-state index contributed by atoms with van der Waals surface area (Å²) in [6.07, 6.45) is 78.0. The van der Waals surface area contributed by atoms with E-state index >= 15 is 0 Å². The molecular formula is C68H134N2O6P+. The van der Waals surface area contributed by atoms with E-state index in [4.69, 9.17) is 9.05 Å². The van der Waals surface area contributed by atoms with E-state index in [0.29, 0.717) is 23.9 Å². The Morgan fingerprint density at radius 1 is 0.442 bits per heavy atom. The molecule has 0 aromatic heterocycles. The largest absolute Gasteiger partial charge is 0.472 e. The third-order valence-corrected chi connectivity index (χ3v) is 16.6. The maximum atomic E-state index is 13.1. The Bertz CT molecular complexity index is 1350. The van der Waals surface area contributed by atoms with Crippen molar-refractivity contribution in [3.05, 3.63) is 36.5 Å². The topological polar surface area (TPSA) is 105 Å².